The van der Waals surface area contributed by atoms with E-state index in [-0.39, 0.29) is 24.5 Å². The number of benzene rings is 1. The Labute approximate surface area is 119 Å². The molecule has 0 aliphatic rings. The number of hydrogen-bond acceptors (Lipinski definition) is 5. The van der Waals surface area contributed by atoms with E-state index in [9.17, 15) is 14.9 Å². The Bertz CT molecular complexity index is 680. The van der Waals surface area contributed by atoms with Crippen LogP contribution < -0.4 is 4.74 Å². The lowest BCUT2D eigenvalue weighted by molar-refractivity contribution is -0.392. The second kappa shape index (κ2) is 6.04. The van der Waals surface area contributed by atoms with E-state index in [0.29, 0.717) is 11.6 Å². The molecule has 0 aliphatic heterocycles. The molecule has 0 saturated carbocycles. The van der Waals surface area contributed by atoms with Gasteiger partial charge in [-0.25, -0.2) is 14.3 Å². The van der Waals surface area contributed by atoms with Crippen molar-refractivity contribution in [1.82, 2.24) is 9.55 Å². The fourth-order valence-electron chi connectivity index (χ4n) is 1.85. The molecule has 2 rings (SSSR count). The van der Waals surface area contributed by atoms with Crippen molar-refractivity contribution in [2.75, 3.05) is 6.61 Å². The van der Waals surface area contributed by atoms with Gasteiger partial charge in [0.25, 0.3) is 0 Å². The zero-order chi connectivity index (χ0) is 15.4. The average molecular weight is 291 g/mol. The first-order chi connectivity index (χ1) is 9.99. The van der Waals surface area contributed by atoms with E-state index in [2.05, 4.69) is 4.98 Å². The Balaban J connectivity index is 2.02. The first-order valence-corrected chi connectivity index (χ1v) is 6.11. The van der Waals surface area contributed by atoms with Gasteiger partial charge in [0.05, 0.1) is 5.56 Å². The minimum absolute atomic E-state index is 0.101. The molecule has 0 aliphatic carbocycles. The molecule has 0 fully saturated rings. The Hall–Kier alpha value is -2.90. The van der Waals surface area contributed by atoms with Crippen LogP contribution in [0.5, 0.6) is 5.75 Å². The molecule has 1 aromatic heterocycles. The fraction of sp³-hybridized carbons (Fsp3) is 0.231. The van der Waals surface area contributed by atoms with E-state index in [1.54, 1.807) is 19.1 Å². The number of carboxylic acid groups (broad SMARTS) is 1. The van der Waals surface area contributed by atoms with Crippen LogP contribution in [0.3, 0.4) is 0 Å². The average Bonchev–Trinajstić information content (AvgIpc) is 2.81. The summed E-state index contributed by atoms with van der Waals surface area (Å²) in [7, 11) is 0. The maximum absolute atomic E-state index is 10.8. The van der Waals surface area contributed by atoms with E-state index in [1.807, 2.05) is 0 Å². The van der Waals surface area contributed by atoms with Crippen LogP contribution in [0.4, 0.5) is 5.82 Å². The summed E-state index contributed by atoms with van der Waals surface area (Å²) in [5, 5.41) is 19.7. The lowest BCUT2D eigenvalue weighted by atomic mass is 10.2. The van der Waals surface area contributed by atoms with E-state index < -0.39 is 10.9 Å². The maximum Gasteiger partial charge on any atom is 0.342 e. The van der Waals surface area contributed by atoms with Crippen molar-refractivity contribution in [3.05, 3.63) is 52.0 Å². The molecule has 0 bridgehead atoms. The predicted molar refractivity (Wildman–Crippen MR) is 72.5 cm³/mol. The highest BCUT2D eigenvalue weighted by molar-refractivity contribution is 5.87. The fourth-order valence-corrected chi connectivity index (χ4v) is 1.85. The molecule has 1 N–H and O–H groups in total. The lowest BCUT2D eigenvalue weighted by Crippen LogP contribution is -2.12. The number of rotatable bonds is 6. The number of hydrogen-bond donors (Lipinski definition) is 1. The summed E-state index contributed by atoms with van der Waals surface area (Å²) >= 11 is 0. The van der Waals surface area contributed by atoms with Gasteiger partial charge in [0.15, 0.2) is 5.82 Å². The Morgan fingerprint density at radius 1 is 1.52 bits per heavy atom. The monoisotopic (exact) mass is 291 g/mol. The highest BCUT2D eigenvalue weighted by Gasteiger charge is 2.17. The SMILES string of the molecule is Cc1ncc([N+](=O)[O-])n1CCOc1cccc(C(=O)O)c1. The van der Waals surface area contributed by atoms with Gasteiger partial charge in [0.1, 0.15) is 25.1 Å². The van der Waals surface area contributed by atoms with E-state index >= 15 is 0 Å². The van der Waals surface area contributed by atoms with Crippen LogP contribution in [0, 0.1) is 17.0 Å². The summed E-state index contributed by atoms with van der Waals surface area (Å²) in [5.41, 5.74) is 0.122. The third-order valence-corrected chi connectivity index (χ3v) is 2.89. The number of ether oxygens (including phenoxy) is 1. The number of nitrogens with zero attached hydrogens (tertiary/aromatic N) is 3. The molecule has 0 saturated heterocycles. The maximum atomic E-state index is 10.8. The summed E-state index contributed by atoms with van der Waals surface area (Å²) in [6, 6.07) is 6.06. The van der Waals surface area contributed by atoms with Gasteiger partial charge in [-0.1, -0.05) is 6.07 Å². The third-order valence-electron chi connectivity index (χ3n) is 2.89. The molecule has 2 aromatic rings. The second-order valence-electron chi connectivity index (χ2n) is 4.25. The predicted octanol–water partition coefficient (Wildman–Crippen LogP) is 1.88. The van der Waals surface area contributed by atoms with Crippen LogP contribution in [-0.2, 0) is 6.54 Å². The summed E-state index contributed by atoms with van der Waals surface area (Å²) in [6.45, 7) is 2.08. The smallest absolute Gasteiger partial charge is 0.342 e. The second-order valence-corrected chi connectivity index (χ2v) is 4.25. The Morgan fingerprint density at radius 3 is 2.95 bits per heavy atom. The van der Waals surface area contributed by atoms with Crippen LogP contribution in [0.2, 0.25) is 0 Å². The van der Waals surface area contributed by atoms with E-state index in [0.717, 1.165) is 0 Å². The van der Waals surface area contributed by atoms with Crippen molar-refractivity contribution in [3.8, 4) is 5.75 Å². The molecule has 110 valence electrons. The van der Waals surface area contributed by atoms with Crippen molar-refractivity contribution in [2.45, 2.75) is 13.5 Å². The molecule has 0 atom stereocenters. The number of aromatic carboxylic acids is 1. The normalized spacial score (nSPS) is 10.3. The highest BCUT2D eigenvalue weighted by atomic mass is 16.6. The molecule has 0 amide bonds. The summed E-state index contributed by atoms with van der Waals surface area (Å²) < 4.78 is 6.86. The minimum atomic E-state index is -1.04. The number of carbonyl (C=O) groups is 1. The molecule has 8 nitrogen and oxygen atoms in total. The number of aromatic nitrogens is 2. The molecule has 1 aromatic carbocycles. The Kier molecular flexibility index (Phi) is 4.17. The summed E-state index contributed by atoms with van der Waals surface area (Å²) in [5.74, 6) is -0.225. The van der Waals surface area contributed by atoms with Crippen LogP contribution >= 0.6 is 0 Å². The first kappa shape index (κ1) is 14.5. The highest BCUT2D eigenvalue weighted by Crippen LogP contribution is 2.16. The summed E-state index contributed by atoms with van der Waals surface area (Å²) in [6.07, 6.45) is 1.19. The molecule has 0 unspecified atom stereocenters. The first-order valence-electron chi connectivity index (χ1n) is 6.11. The van der Waals surface area contributed by atoms with Gasteiger partial charge in [-0.3, -0.25) is 0 Å². The molecule has 1 heterocycles. The van der Waals surface area contributed by atoms with Crippen LogP contribution in [0.15, 0.2) is 30.5 Å². The molecular weight excluding hydrogens is 278 g/mol. The topological polar surface area (TPSA) is 107 Å². The van der Waals surface area contributed by atoms with Gasteiger partial charge < -0.3 is 20.0 Å². The van der Waals surface area contributed by atoms with Gasteiger partial charge >= 0.3 is 11.8 Å². The molecule has 21 heavy (non-hydrogen) atoms. The number of carboxylic acids is 1. The van der Waals surface area contributed by atoms with E-state index in [4.69, 9.17) is 9.84 Å². The van der Waals surface area contributed by atoms with Crippen molar-refractivity contribution >= 4 is 11.8 Å². The molecule has 8 heteroatoms. The largest absolute Gasteiger partial charge is 0.489 e. The molecular formula is C13H13N3O5. The zero-order valence-corrected chi connectivity index (χ0v) is 11.2. The van der Waals surface area contributed by atoms with Crippen molar-refractivity contribution in [1.29, 1.82) is 0 Å². The minimum Gasteiger partial charge on any atom is -0.489 e. The van der Waals surface area contributed by atoms with Crippen LogP contribution in [0.1, 0.15) is 16.2 Å². The van der Waals surface area contributed by atoms with Gasteiger partial charge in [0, 0.05) is 6.92 Å². The van der Waals surface area contributed by atoms with Crippen molar-refractivity contribution in [3.63, 3.8) is 0 Å². The van der Waals surface area contributed by atoms with Gasteiger partial charge in [-0.15, -0.1) is 0 Å². The van der Waals surface area contributed by atoms with Gasteiger partial charge in [0.2, 0.25) is 0 Å². The van der Waals surface area contributed by atoms with Crippen molar-refractivity contribution in [2.24, 2.45) is 0 Å². The van der Waals surface area contributed by atoms with E-state index in [1.165, 1.54) is 22.9 Å². The number of imidazole rings is 1. The Morgan fingerprint density at radius 2 is 2.29 bits per heavy atom. The molecule has 0 spiro atoms. The lowest BCUT2D eigenvalue weighted by Gasteiger charge is -2.07. The quantitative estimate of drug-likeness (QED) is 0.643. The van der Waals surface area contributed by atoms with Crippen molar-refractivity contribution < 1.29 is 19.6 Å². The van der Waals surface area contributed by atoms with Crippen LogP contribution in [-0.4, -0.2) is 32.2 Å². The number of aryl methyl sites for hydroxylation is 1. The van der Waals surface area contributed by atoms with Gasteiger partial charge in [-0.2, -0.15) is 0 Å². The standard InChI is InChI=1S/C13H13N3O5/c1-9-14-8-12(16(19)20)15(9)5-6-21-11-4-2-3-10(7-11)13(17)18/h2-4,7-8H,5-6H2,1H3,(H,17,18). The summed E-state index contributed by atoms with van der Waals surface area (Å²) in [4.78, 5) is 25.0. The van der Waals surface area contributed by atoms with Crippen LogP contribution in [0.25, 0.3) is 0 Å². The third kappa shape index (κ3) is 3.35. The molecule has 0 radical (unpaired) electrons. The zero-order valence-electron chi connectivity index (χ0n) is 11.2. The van der Waals surface area contributed by atoms with Gasteiger partial charge in [-0.05, 0) is 23.1 Å². The number of nitro groups is 1.